The van der Waals surface area contributed by atoms with Crippen LogP contribution >= 0.6 is 0 Å². The maximum absolute atomic E-state index is 12.3. The van der Waals surface area contributed by atoms with Gasteiger partial charge in [0.25, 0.3) is 0 Å². The van der Waals surface area contributed by atoms with E-state index in [2.05, 4.69) is 19.2 Å². The third kappa shape index (κ3) is 3.35. The Bertz CT molecular complexity index is 530. The number of anilines is 1. The number of nitrogens with zero attached hydrogens (tertiary/aromatic N) is 1. The number of amides is 2. The first-order chi connectivity index (χ1) is 10.0. The monoisotopic (exact) mass is 290 g/mol. The highest BCUT2D eigenvalue weighted by Gasteiger charge is 2.32. The Hall–Kier alpha value is -2.04. The Morgan fingerprint density at radius 2 is 2.14 bits per heavy atom. The average molecular weight is 290 g/mol. The molecule has 5 nitrogen and oxygen atoms in total. The Morgan fingerprint density at radius 1 is 1.43 bits per heavy atom. The summed E-state index contributed by atoms with van der Waals surface area (Å²) >= 11 is 0. The second kappa shape index (κ2) is 6.61. The third-order valence-electron chi connectivity index (χ3n) is 4.09. The van der Waals surface area contributed by atoms with Crippen molar-refractivity contribution >= 4 is 17.7 Å². The van der Waals surface area contributed by atoms with E-state index in [1.807, 2.05) is 18.2 Å². The molecule has 0 radical (unpaired) electrons. The number of nitrogens with one attached hydrogen (secondary N) is 1. The van der Waals surface area contributed by atoms with E-state index in [9.17, 15) is 14.7 Å². The predicted molar refractivity (Wildman–Crippen MR) is 81.6 cm³/mol. The van der Waals surface area contributed by atoms with Gasteiger partial charge in [-0.3, -0.25) is 9.69 Å². The fourth-order valence-corrected chi connectivity index (χ4v) is 2.53. The number of fused-ring (bicyclic) bond motifs is 1. The molecule has 2 unspecified atom stereocenters. The van der Waals surface area contributed by atoms with Gasteiger partial charge >= 0.3 is 12.0 Å². The van der Waals surface area contributed by atoms with Gasteiger partial charge in [-0.15, -0.1) is 0 Å². The normalized spacial score (nSPS) is 18.8. The first kappa shape index (κ1) is 15.4. The molecule has 1 aliphatic rings. The van der Waals surface area contributed by atoms with Crippen molar-refractivity contribution in [3.63, 3.8) is 0 Å². The minimum absolute atomic E-state index is 0.147. The van der Waals surface area contributed by atoms with Crippen LogP contribution in [0.5, 0.6) is 0 Å². The van der Waals surface area contributed by atoms with E-state index in [-0.39, 0.29) is 6.03 Å². The van der Waals surface area contributed by atoms with E-state index >= 15 is 0 Å². The van der Waals surface area contributed by atoms with Crippen molar-refractivity contribution in [2.24, 2.45) is 5.92 Å². The molecule has 0 saturated heterocycles. The third-order valence-corrected chi connectivity index (χ3v) is 4.09. The number of carbonyl (C=O) groups is 2. The topological polar surface area (TPSA) is 69.6 Å². The highest BCUT2D eigenvalue weighted by atomic mass is 16.4. The lowest BCUT2D eigenvalue weighted by atomic mass is 9.90. The number of hydrogen-bond donors (Lipinski definition) is 2. The number of urea groups is 1. The van der Waals surface area contributed by atoms with E-state index in [1.54, 1.807) is 11.0 Å². The van der Waals surface area contributed by atoms with E-state index in [1.165, 1.54) is 0 Å². The van der Waals surface area contributed by atoms with E-state index < -0.39 is 11.9 Å². The van der Waals surface area contributed by atoms with Gasteiger partial charge < -0.3 is 10.4 Å². The second-order valence-corrected chi connectivity index (χ2v) is 5.59. The minimum atomic E-state index is -0.831. The highest BCUT2D eigenvalue weighted by molar-refractivity contribution is 5.95. The molecule has 21 heavy (non-hydrogen) atoms. The Labute approximate surface area is 125 Å². The van der Waals surface area contributed by atoms with Crippen LogP contribution in [0, 0.1) is 5.92 Å². The van der Waals surface area contributed by atoms with Crippen molar-refractivity contribution in [3.05, 3.63) is 29.8 Å². The van der Waals surface area contributed by atoms with Crippen LogP contribution in [0.1, 0.15) is 38.2 Å². The second-order valence-electron chi connectivity index (χ2n) is 5.59. The predicted octanol–water partition coefficient (Wildman–Crippen LogP) is 2.82. The Morgan fingerprint density at radius 3 is 2.81 bits per heavy atom. The largest absolute Gasteiger partial charge is 0.481 e. The van der Waals surface area contributed by atoms with E-state index in [4.69, 9.17) is 0 Å². The number of hydrogen-bond acceptors (Lipinski definition) is 2. The first-order valence-electron chi connectivity index (χ1n) is 7.41. The molecule has 0 saturated carbocycles. The molecule has 2 atom stereocenters. The van der Waals surface area contributed by atoms with E-state index in [0.29, 0.717) is 31.1 Å². The summed E-state index contributed by atoms with van der Waals surface area (Å²) in [7, 11) is 0. The molecule has 2 N–H and O–H groups in total. The molecule has 0 aromatic heterocycles. The van der Waals surface area contributed by atoms with Gasteiger partial charge in [0.2, 0.25) is 0 Å². The molecule has 114 valence electrons. The number of para-hydroxylation sites is 1. The molecule has 0 fully saturated rings. The molecule has 5 heteroatoms. The number of aliphatic carboxylic acids is 1. The maximum atomic E-state index is 12.3. The van der Waals surface area contributed by atoms with Crippen molar-refractivity contribution in [1.82, 2.24) is 5.32 Å². The van der Waals surface area contributed by atoms with Crippen LogP contribution < -0.4 is 10.2 Å². The fraction of sp³-hybridized carbons (Fsp3) is 0.500. The number of carboxylic acid groups (broad SMARTS) is 1. The molecule has 1 heterocycles. The maximum Gasteiger partial charge on any atom is 0.321 e. The smallest absolute Gasteiger partial charge is 0.321 e. The summed E-state index contributed by atoms with van der Waals surface area (Å²) in [4.78, 5) is 25.3. The van der Waals surface area contributed by atoms with Crippen molar-refractivity contribution < 1.29 is 14.7 Å². The zero-order valence-electron chi connectivity index (χ0n) is 12.5. The zero-order chi connectivity index (χ0) is 15.4. The molecule has 0 spiro atoms. The van der Waals surface area contributed by atoms with Crippen LogP contribution in [-0.2, 0) is 4.79 Å². The van der Waals surface area contributed by atoms with Gasteiger partial charge in [0.15, 0.2) is 0 Å². The molecular formula is C16H22N2O3. The van der Waals surface area contributed by atoms with Crippen molar-refractivity contribution in [3.8, 4) is 0 Å². The van der Waals surface area contributed by atoms with Crippen LogP contribution in [-0.4, -0.2) is 30.2 Å². The Balaban J connectivity index is 2.17. The molecule has 1 aliphatic heterocycles. The summed E-state index contributed by atoms with van der Waals surface area (Å²) in [5.41, 5.74) is 1.42. The minimum Gasteiger partial charge on any atom is -0.481 e. The van der Waals surface area contributed by atoms with Gasteiger partial charge in [0, 0.05) is 18.8 Å². The van der Waals surface area contributed by atoms with E-state index in [0.717, 1.165) is 12.0 Å². The van der Waals surface area contributed by atoms with Crippen molar-refractivity contribution in [2.45, 2.75) is 32.6 Å². The lowest BCUT2D eigenvalue weighted by molar-refractivity contribution is -0.139. The number of rotatable bonds is 4. The molecule has 2 amide bonds. The molecule has 1 aromatic carbocycles. The van der Waals surface area contributed by atoms with Crippen LogP contribution in [0.2, 0.25) is 0 Å². The van der Waals surface area contributed by atoms with Crippen LogP contribution in [0.25, 0.3) is 0 Å². The summed E-state index contributed by atoms with van der Waals surface area (Å²) in [6, 6.07) is 7.11. The van der Waals surface area contributed by atoms with Crippen molar-refractivity contribution in [2.75, 3.05) is 18.0 Å². The van der Waals surface area contributed by atoms with Gasteiger partial charge in [-0.05, 0) is 24.0 Å². The molecule has 2 rings (SSSR count). The fourth-order valence-electron chi connectivity index (χ4n) is 2.53. The van der Waals surface area contributed by atoms with Gasteiger partial charge in [-0.2, -0.15) is 0 Å². The number of carboxylic acids is 1. The summed E-state index contributed by atoms with van der Waals surface area (Å²) in [6.45, 7) is 5.24. The average Bonchev–Trinajstić information content (AvgIpc) is 2.50. The van der Waals surface area contributed by atoms with Gasteiger partial charge in [0.1, 0.15) is 0 Å². The number of benzene rings is 1. The van der Waals surface area contributed by atoms with Crippen LogP contribution in [0.3, 0.4) is 0 Å². The summed E-state index contributed by atoms with van der Waals surface area (Å²) in [5.74, 6) is -0.928. The molecular weight excluding hydrogens is 268 g/mol. The summed E-state index contributed by atoms with van der Waals surface area (Å²) < 4.78 is 0. The summed E-state index contributed by atoms with van der Waals surface area (Å²) in [6.07, 6.45) is 1.46. The zero-order valence-corrected chi connectivity index (χ0v) is 12.5. The quantitative estimate of drug-likeness (QED) is 0.896. The van der Waals surface area contributed by atoms with Crippen LogP contribution in [0.4, 0.5) is 10.5 Å². The highest BCUT2D eigenvalue weighted by Crippen LogP contribution is 2.35. The molecule has 1 aromatic rings. The molecule has 0 aliphatic carbocycles. The molecule has 0 bridgehead atoms. The van der Waals surface area contributed by atoms with Gasteiger partial charge in [-0.25, -0.2) is 4.79 Å². The van der Waals surface area contributed by atoms with Gasteiger partial charge in [-0.1, -0.05) is 38.5 Å². The summed E-state index contributed by atoms with van der Waals surface area (Å²) in [5, 5.41) is 12.2. The Kier molecular flexibility index (Phi) is 4.83. The first-order valence-corrected chi connectivity index (χ1v) is 7.41. The standard InChI is InChI=1S/C16H22N2O3/c1-3-11(2)10-17-16(21)18-9-8-13(15(19)20)12-6-4-5-7-14(12)18/h4-7,11,13H,3,8-10H2,1-2H3,(H,17,21)(H,19,20). The lowest BCUT2D eigenvalue weighted by Gasteiger charge is -2.32. The van der Waals surface area contributed by atoms with Gasteiger partial charge in [0.05, 0.1) is 5.92 Å². The van der Waals surface area contributed by atoms with Crippen molar-refractivity contribution in [1.29, 1.82) is 0 Å². The number of carbonyl (C=O) groups excluding carboxylic acids is 1. The van der Waals surface area contributed by atoms with Crippen LogP contribution in [0.15, 0.2) is 24.3 Å². The SMILES string of the molecule is CCC(C)CNC(=O)N1CCC(C(=O)O)c2ccccc21. The lowest BCUT2D eigenvalue weighted by Crippen LogP contribution is -2.45.